The van der Waals surface area contributed by atoms with Gasteiger partial charge in [0.2, 0.25) is 0 Å². The van der Waals surface area contributed by atoms with Gasteiger partial charge in [-0.3, -0.25) is 4.79 Å². The van der Waals surface area contributed by atoms with Crippen LogP contribution in [0, 0.1) is 20.8 Å². The molecule has 3 aromatic rings. The monoisotopic (exact) mass is 305 g/mol. The minimum Gasteiger partial charge on any atom is -0.461 e. The fourth-order valence-electron chi connectivity index (χ4n) is 2.60. The van der Waals surface area contributed by atoms with Crippen molar-refractivity contribution in [1.29, 1.82) is 0 Å². The van der Waals surface area contributed by atoms with Crippen LogP contribution in [0.25, 0.3) is 11.3 Å². The number of hydrogen-bond acceptors (Lipinski definition) is 2. The zero-order valence-corrected chi connectivity index (χ0v) is 13.5. The molecule has 3 nitrogen and oxygen atoms in total. The van der Waals surface area contributed by atoms with Gasteiger partial charge in [0.1, 0.15) is 11.5 Å². The van der Waals surface area contributed by atoms with E-state index in [0.717, 1.165) is 16.8 Å². The van der Waals surface area contributed by atoms with Gasteiger partial charge in [0.05, 0.1) is 5.56 Å². The predicted molar refractivity (Wildman–Crippen MR) is 92.8 cm³/mol. The Kier molecular flexibility index (Phi) is 4.02. The first kappa shape index (κ1) is 15.1. The fraction of sp³-hybridized carbons (Fsp3) is 0.150. The molecule has 116 valence electrons. The molecule has 0 atom stereocenters. The molecule has 1 N–H and O–H groups in total. The number of hydrogen-bond donors (Lipinski definition) is 1. The molecule has 0 saturated heterocycles. The van der Waals surface area contributed by atoms with Crippen LogP contribution < -0.4 is 5.32 Å². The normalized spacial score (nSPS) is 10.6. The van der Waals surface area contributed by atoms with E-state index in [1.807, 2.05) is 69.3 Å². The van der Waals surface area contributed by atoms with Crippen LogP contribution in [-0.4, -0.2) is 5.91 Å². The van der Waals surface area contributed by atoms with Gasteiger partial charge in [0, 0.05) is 11.3 Å². The molecule has 0 aliphatic carbocycles. The number of benzene rings is 2. The molecule has 0 fully saturated rings. The van der Waals surface area contributed by atoms with Crippen molar-refractivity contribution in [3.05, 3.63) is 77.0 Å². The summed E-state index contributed by atoms with van der Waals surface area (Å²) in [6.07, 6.45) is 0. The molecule has 0 aliphatic rings. The summed E-state index contributed by atoms with van der Waals surface area (Å²) >= 11 is 0. The lowest BCUT2D eigenvalue weighted by atomic mass is 10.1. The lowest BCUT2D eigenvalue weighted by Gasteiger charge is -2.08. The number of furan rings is 1. The van der Waals surface area contributed by atoms with Crippen molar-refractivity contribution >= 4 is 11.6 Å². The summed E-state index contributed by atoms with van der Waals surface area (Å²) in [4.78, 5) is 12.5. The number of rotatable bonds is 3. The Hall–Kier alpha value is -2.81. The van der Waals surface area contributed by atoms with Crippen LogP contribution in [0.5, 0.6) is 0 Å². The number of amides is 1. The van der Waals surface area contributed by atoms with Crippen molar-refractivity contribution in [2.75, 3.05) is 5.32 Å². The second-order valence-corrected chi connectivity index (χ2v) is 5.72. The second kappa shape index (κ2) is 6.13. The molecule has 23 heavy (non-hydrogen) atoms. The van der Waals surface area contributed by atoms with E-state index in [4.69, 9.17) is 4.42 Å². The third-order valence-corrected chi connectivity index (χ3v) is 3.85. The zero-order chi connectivity index (χ0) is 16.4. The molecule has 3 heteroatoms. The lowest BCUT2D eigenvalue weighted by molar-refractivity contribution is 0.102. The molecule has 0 bridgehead atoms. The lowest BCUT2D eigenvalue weighted by Crippen LogP contribution is -2.13. The Balaban J connectivity index is 1.87. The van der Waals surface area contributed by atoms with Gasteiger partial charge >= 0.3 is 0 Å². The predicted octanol–water partition coefficient (Wildman–Crippen LogP) is 5.12. The van der Waals surface area contributed by atoms with Crippen LogP contribution in [0.15, 0.2) is 59.0 Å². The van der Waals surface area contributed by atoms with Crippen molar-refractivity contribution < 1.29 is 9.21 Å². The molecular formula is C20H19NO2. The Morgan fingerprint density at radius 3 is 2.39 bits per heavy atom. The third-order valence-electron chi connectivity index (χ3n) is 3.85. The number of carbonyl (C=O) groups excluding carboxylic acids is 1. The number of anilines is 1. The van der Waals surface area contributed by atoms with E-state index in [2.05, 4.69) is 5.32 Å². The quantitative estimate of drug-likeness (QED) is 0.729. The van der Waals surface area contributed by atoms with Gasteiger partial charge in [-0.1, -0.05) is 48.0 Å². The number of aryl methyl sites for hydroxylation is 3. The molecule has 1 aromatic heterocycles. The summed E-state index contributed by atoms with van der Waals surface area (Å²) < 4.78 is 5.75. The highest BCUT2D eigenvalue weighted by molar-refractivity contribution is 6.06. The molecule has 0 aliphatic heterocycles. The molecular weight excluding hydrogens is 286 g/mol. The van der Waals surface area contributed by atoms with Crippen molar-refractivity contribution in [3.63, 3.8) is 0 Å². The molecule has 3 rings (SSSR count). The van der Waals surface area contributed by atoms with Crippen LogP contribution in [0.4, 0.5) is 5.69 Å². The fourth-order valence-corrected chi connectivity index (χ4v) is 2.60. The zero-order valence-electron chi connectivity index (χ0n) is 13.5. The van der Waals surface area contributed by atoms with Crippen LogP contribution in [0.3, 0.4) is 0 Å². The van der Waals surface area contributed by atoms with E-state index in [-0.39, 0.29) is 5.91 Å². The molecule has 0 spiro atoms. The van der Waals surface area contributed by atoms with Crippen LogP contribution in [-0.2, 0) is 0 Å². The Morgan fingerprint density at radius 1 is 0.957 bits per heavy atom. The van der Waals surface area contributed by atoms with E-state index in [0.29, 0.717) is 17.1 Å². The molecule has 1 heterocycles. The summed E-state index contributed by atoms with van der Waals surface area (Å²) in [6, 6.07) is 17.5. The van der Waals surface area contributed by atoms with Gasteiger partial charge in [-0.05, 0) is 38.5 Å². The van der Waals surface area contributed by atoms with Gasteiger partial charge in [-0.2, -0.15) is 0 Å². The summed E-state index contributed by atoms with van der Waals surface area (Å²) in [5, 5.41) is 2.96. The molecule has 2 aromatic carbocycles. The maximum Gasteiger partial charge on any atom is 0.259 e. The SMILES string of the molecule is Cc1ccc(NC(=O)c2cc(-c3ccccc3)oc2C)c(C)c1. The van der Waals surface area contributed by atoms with E-state index < -0.39 is 0 Å². The van der Waals surface area contributed by atoms with E-state index in [9.17, 15) is 4.79 Å². The van der Waals surface area contributed by atoms with E-state index in [1.165, 1.54) is 5.56 Å². The van der Waals surface area contributed by atoms with E-state index >= 15 is 0 Å². The summed E-state index contributed by atoms with van der Waals surface area (Å²) in [5.41, 5.74) is 4.56. The second-order valence-electron chi connectivity index (χ2n) is 5.72. The Bertz CT molecular complexity index is 847. The third kappa shape index (κ3) is 3.19. The van der Waals surface area contributed by atoms with E-state index in [1.54, 1.807) is 6.07 Å². The minimum atomic E-state index is -0.152. The smallest absolute Gasteiger partial charge is 0.259 e. The van der Waals surface area contributed by atoms with Crippen molar-refractivity contribution in [1.82, 2.24) is 0 Å². The molecule has 0 saturated carbocycles. The number of nitrogens with one attached hydrogen (secondary N) is 1. The van der Waals surface area contributed by atoms with Crippen LogP contribution >= 0.6 is 0 Å². The van der Waals surface area contributed by atoms with Crippen LogP contribution in [0.2, 0.25) is 0 Å². The molecule has 0 radical (unpaired) electrons. The van der Waals surface area contributed by atoms with Crippen LogP contribution in [0.1, 0.15) is 27.2 Å². The topological polar surface area (TPSA) is 42.2 Å². The largest absolute Gasteiger partial charge is 0.461 e. The first-order chi connectivity index (χ1) is 11.0. The van der Waals surface area contributed by atoms with Crippen molar-refractivity contribution in [3.8, 4) is 11.3 Å². The average molecular weight is 305 g/mol. The highest BCUT2D eigenvalue weighted by Crippen LogP contribution is 2.26. The summed E-state index contributed by atoms with van der Waals surface area (Å²) in [6.45, 7) is 5.83. The van der Waals surface area contributed by atoms with Gasteiger partial charge in [-0.25, -0.2) is 0 Å². The average Bonchev–Trinajstić information content (AvgIpc) is 2.93. The maximum absolute atomic E-state index is 12.5. The number of carbonyl (C=O) groups is 1. The standard InChI is InChI=1S/C20H19NO2/c1-13-9-10-18(14(2)11-13)21-20(22)17-12-19(23-15(17)3)16-7-5-4-6-8-16/h4-12H,1-3H3,(H,21,22). The van der Waals surface area contributed by atoms with Gasteiger partial charge in [-0.15, -0.1) is 0 Å². The maximum atomic E-state index is 12.5. The Labute approximate surface area is 136 Å². The summed E-state index contributed by atoms with van der Waals surface area (Å²) in [5.74, 6) is 1.17. The van der Waals surface area contributed by atoms with Gasteiger partial charge in [0.15, 0.2) is 0 Å². The Morgan fingerprint density at radius 2 is 1.70 bits per heavy atom. The highest BCUT2D eigenvalue weighted by atomic mass is 16.3. The summed E-state index contributed by atoms with van der Waals surface area (Å²) in [7, 11) is 0. The molecule has 0 unspecified atom stereocenters. The van der Waals surface area contributed by atoms with Gasteiger partial charge in [0.25, 0.3) is 5.91 Å². The highest BCUT2D eigenvalue weighted by Gasteiger charge is 2.16. The first-order valence-electron chi connectivity index (χ1n) is 7.59. The first-order valence-corrected chi connectivity index (χ1v) is 7.59. The van der Waals surface area contributed by atoms with Crippen molar-refractivity contribution in [2.24, 2.45) is 0 Å². The molecule has 1 amide bonds. The van der Waals surface area contributed by atoms with Crippen molar-refractivity contribution in [2.45, 2.75) is 20.8 Å². The van der Waals surface area contributed by atoms with Gasteiger partial charge < -0.3 is 9.73 Å². The minimum absolute atomic E-state index is 0.152.